The van der Waals surface area contributed by atoms with Crippen molar-refractivity contribution in [3.63, 3.8) is 0 Å². The number of anilines is 1. The number of sulfonamides is 1. The maximum atomic E-state index is 13.8. The quantitative estimate of drug-likeness (QED) is 0.565. The van der Waals surface area contributed by atoms with E-state index >= 15 is 0 Å². The molecule has 0 radical (unpaired) electrons. The van der Waals surface area contributed by atoms with Crippen molar-refractivity contribution in [2.75, 3.05) is 11.9 Å². The summed E-state index contributed by atoms with van der Waals surface area (Å²) in [5.41, 5.74) is -1.09. The minimum Gasteiger partial charge on any atom is -0.322 e. The summed E-state index contributed by atoms with van der Waals surface area (Å²) in [4.78, 5) is 10.8. The Kier molecular flexibility index (Phi) is 5.99. The zero-order valence-corrected chi connectivity index (χ0v) is 14.2. The van der Waals surface area contributed by atoms with Crippen molar-refractivity contribution in [1.82, 2.24) is 4.72 Å². The van der Waals surface area contributed by atoms with Crippen molar-refractivity contribution >= 4 is 21.6 Å². The minimum atomic E-state index is -4.97. The van der Waals surface area contributed by atoms with Crippen molar-refractivity contribution in [3.8, 4) is 0 Å². The largest absolute Gasteiger partial charge is 0.402 e. The fourth-order valence-corrected chi connectivity index (χ4v) is 3.05. The Morgan fingerprint density at radius 2 is 1.50 bits per heavy atom. The van der Waals surface area contributed by atoms with Crippen LogP contribution in [0.2, 0.25) is 0 Å². The van der Waals surface area contributed by atoms with Crippen molar-refractivity contribution in [2.24, 2.45) is 0 Å². The second-order valence-electron chi connectivity index (χ2n) is 5.29. The molecule has 0 spiro atoms. The molecule has 2 N–H and O–H groups in total. The number of carbonyl (C=O) groups excluding carboxylic acids is 1. The molecule has 0 heterocycles. The van der Waals surface area contributed by atoms with Gasteiger partial charge in [-0.3, -0.25) is 4.79 Å². The van der Waals surface area contributed by atoms with Crippen LogP contribution in [0.3, 0.4) is 0 Å². The summed E-state index contributed by atoms with van der Waals surface area (Å²) in [6.45, 7) is -1.97. The monoisotopic (exact) mass is 430 g/mol. The van der Waals surface area contributed by atoms with Gasteiger partial charge in [0.05, 0.1) is 0 Å². The number of amides is 1. The van der Waals surface area contributed by atoms with Crippen molar-refractivity contribution in [3.05, 3.63) is 59.2 Å². The van der Waals surface area contributed by atoms with Crippen LogP contribution in [0.1, 0.15) is 10.4 Å². The molecule has 2 aromatic carbocycles. The van der Waals surface area contributed by atoms with Crippen molar-refractivity contribution in [1.29, 1.82) is 0 Å². The van der Waals surface area contributed by atoms with Gasteiger partial charge in [0.15, 0.2) is 17.5 Å². The summed E-state index contributed by atoms with van der Waals surface area (Å²) in [6, 6.07) is 2.58. The van der Waals surface area contributed by atoms with E-state index < -0.39 is 68.1 Å². The van der Waals surface area contributed by atoms with Crippen molar-refractivity contribution < 1.29 is 43.9 Å². The lowest BCUT2D eigenvalue weighted by atomic mass is 10.2. The topological polar surface area (TPSA) is 75.3 Å². The van der Waals surface area contributed by atoms with Crippen LogP contribution in [0, 0.1) is 23.3 Å². The van der Waals surface area contributed by atoms with E-state index in [1.807, 2.05) is 5.32 Å². The molecule has 5 nitrogen and oxygen atoms in total. The Labute approximate surface area is 153 Å². The molecule has 0 aliphatic heterocycles. The highest BCUT2D eigenvalue weighted by Crippen LogP contribution is 2.21. The van der Waals surface area contributed by atoms with Crippen LogP contribution in [-0.4, -0.2) is 27.0 Å². The third kappa shape index (κ3) is 5.19. The number of hydrogen-bond acceptors (Lipinski definition) is 3. The molecule has 28 heavy (non-hydrogen) atoms. The van der Waals surface area contributed by atoms with E-state index in [9.17, 15) is 43.9 Å². The molecule has 0 aliphatic rings. The van der Waals surface area contributed by atoms with Gasteiger partial charge in [0.25, 0.3) is 5.91 Å². The SMILES string of the molecule is O=C(Nc1cc(F)c(F)c(F)c1)c1ccc(F)c(S(=O)(=O)NCC(F)(F)F)c1. The predicted octanol–water partition coefficient (Wildman–Crippen LogP) is 3.34. The molecular weight excluding hydrogens is 421 g/mol. The first-order valence-electron chi connectivity index (χ1n) is 7.12. The normalized spacial score (nSPS) is 12.1. The highest BCUT2D eigenvalue weighted by Gasteiger charge is 2.31. The van der Waals surface area contributed by atoms with Crippen LogP contribution in [-0.2, 0) is 10.0 Å². The standard InChI is InChI=1S/C15H9F7N2O3S/c16-9-2-1-7(3-12(9)28(26,27)23-6-15(20,21)22)14(25)24-8-4-10(17)13(19)11(18)5-8/h1-5,23H,6H2,(H,24,25). The summed E-state index contributed by atoms with van der Waals surface area (Å²) in [7, 11) is -4.97. The van der Waals surface area contributed by atoms with Gasteiger partial charge in [-0.15, -0.1) is 0 Å². The average Bonchev–Trinajstić information content (AvgIpc) is 2.57. The molecule has 152 valence electrons. The number of carbonyl (C=O) groups is 1. The van der Waals surface area contributed by atoms with E-state index in [-0.39, 0.29) is 0 Å². The Balaban J connectivity index is 2.30. The van der Waals surface area contributed by atoms with E-state index in [1.54, 1.807) is 0 Å². The first kappa shape index (κ1) is 21.6. The van der Waals surface area contributed by atoms with Crippen LogP contribution in [0.25, 0.3) is 0 Å². The van der Waals surface area contributed by atoms with E-state index in [0.717, 1.165) is 10.8 Å². The first-order valence-corrected chi connectivity index (χ1v) is 8.60. The van der Waals surface area contributed by atoms with Crippen molar-refractivity contribution in [2.45, 2.75) is 11.1 Å². The van der Waals surface area contributed by atoms with E-state index in [0.29, 0.717) is 24.3 Å². The Hall–Kier alpha value is -2.67. The second-order valence-corrected chi connectivity index (χ2v) is 7.03. The summed E-state index contributed by atoms with van der Waals surface area (Å²) < 4.78 is 114. The van der Waals surface area contributed by atoms with Crippen LogP contribution in [0.15, 0.2) is 35.2 Å². The molecule has 0 atom stereocenters. The molecule has 2 aromatic rings. The zero-order chi connectivity index (χ0) is 21.3. The fourth-order valence-electron chi connectivity index (χ4n) is 1.94. The molecule has 0 saturated carbocycles. The fraction of sp³-hybridized carbons (Fsp3) is 0.133. The van der Waals surface area contributed by atoms with Gasteiger partial charge in [-0.25, -0.2) is 30.7 Å². The third-order valence-corrected chi connectivity index (χ3v) is 4.60. The summed E-state index contributed by atoms with van der Waals surface area (Å²) in [6.07, 6.45) is -4.91. The molecule has 2 rings (SSSR count). The summed E-state index contributed by atoms with van der Waals surface area (Å²) in [5.74, 6) is -7.64. The highest BCUT2D eigenvalue weighted by atomic mass is 32.2. The number of rotatable bonds is 5. The van der Waals surface area contributed by atoms with Gasteiger partial charge in [-0.05, 0) is 18.2 Å². The third-order valence-electron chi connectivity index (χ3n) is 3.19. The summed E-state index contributed by atoms with van der Waals surface area (Å²) >= 11 is 0. The van der Waals surface area contributed by atoms with Gasteiger partial charge in [-0.2, -0.15) is 13.2 Å². The lowest BCUT2D eigenvalue weighted by Gasteiger charge is -2.11. The molecule has 1 amide bonds. The van der Waals surface area contributed by atoms with Gasteiger partial charge in [0.2, 0.25) is 10.0 Å². The Morgan fingerprint density at radius 3 is 2.04 bits per heavy atom. The minimum absolute atomic E-state index is 0.430. The van der Waals surface area contributed by atoms with E-state index in [2.05, 4.69) is 0 Å². The number of alkyl halides is 3. The van der Waals surface area contributed by atoms with Crippen LogP contribution >= 0.6 is 0 Å². The van der Waals surface area contributed by atoms with Gasteiger partial charge in [-0.1, -0.05) is 0 Å². The van der Waals surface area contributed by atoms with Crippen LogP contribution < -0.4 is 10.0 Å². The zero-order valence-electron chi connectivity index (χ0n) is 13.4. The van der Waals surface area contributed by atoms with Crippen LogP contribution in [0.5, 0.6) is 0 Å². The van der Waals surface area contributed by atoms with Gasteiger partial charge >= 0.3 is 6.18 Å². The lowest BCUT2D eigenvalue weighted by Crippen LogP contribution is -2.34. The first-order chi connectivity index (χ1) is 12.8. The molecule has 0 aliphatic carbocycles. The smallest absolute Gasteiger partial charge is 0.322 e. The van der Waals surface area contributed by atoms with Gasteiger partial charge in [0.1, 0.15) is 17.3 Å². The maximum absolute atomic E-state index is 13.8. The van der Waals surface area contributed by atoms with Gasteiger partial charge < -0.3 is 5.32 Å². The molecule has 0 saturated heterocycles. The average molecular weight is 430 g/mol. The number of nitrogens with one attached hydrogen (secondary N) is 2. The maximum Gasteiger partial charge on any atom is 0.402 e. The molecule has 0 aromatic heterocycles. The van der Waals surface area contributed by atoms with Gasteiger partial charge in [0, 0.05) is 23.4 Å². The Bertz CT molecular complexity index is 1000. The van der Waals surface area contributed by atoms with E-state index in [4.69, 9.17) is 0 Å². The Morgan fingerprint density at radius 1 is 0.929 bits per heavy atom. The number of benzene rings is 2. The predicted molar refractivity (Wildman–Crippen MR) is 81.9 cm³/mol. The molecule has 0 unspecified atom stereocenters. The summed E-state index contributed by atoms with van der Waals surface area (Å²) in [5, 5.41) is 1.92. The number of hydrogen-bond donors (Lipinski definition) is 2. The second kappa shape index (κ2) is 7.75. The molecular formula is C15H9F7N2O3S. The van der Waals surface area contributed by atoms with Crippen LogP contribution in [0.4, 0.5) is 36.4 Å². The van der Waals surface area contributed by atoms with E-state index in [1.165, 1.54) is 0 Å². The molecule has 0 bridgehead atoms. The molecule has 13 heteroatoms. The number of halogens is 7. The highest BCUT2D eigenvalue weighted by molar-refractivity contribution is 7.89. The molecule has 0 fully saturated rings. The lowest BCUT2D eigenvalue weighted by molar-refractivity contribution is -0.121.